The van der Waals surface area contributed by atoms with Crippen molar-refractivity contribution in [1.82, 2.24) is 0 Å². The zero-order valence-electron chi connectivity index (χ0n) is 11.6. The van der Waals surface area contributed by atoms with Crippen molar-refractivity contribution in [2.75, 3.05) is 10.7 Å². The molecule has 0 saturated heterocycles. The highest BCUT2D eigenvalue weighted by Crippen LogP contribution is 2.21. The van der Waals surface area contributed by atoms with Gasteiger partial charge in [0.1, 0.15) is 5.69 Å². The fourth-order valence-corrected chi connectivity index (χ4v) is 2.09. The number of carbonyl (C=O) groups is 1. The van der Waals surface area contributed by atoms with Crippen LogP contribution in [0.5, 0.6) is 0 Å². The summed E-state index contributed by atoms with van der Waals surface area (Å²) in [6.07, 6.45) is 0. The lowest BCUT2D eigenvalue weighted by molar-refractivity contribution is 0.102. The molecule has 0 spiro atoms. The molecule has 1 amide bonds. The Labute approximate surface area is 120 Å². The van der Waals surface area contributed by atoms with Crippen molar-refractivity contribution in [3.05, 3.63) is 58.7 Å². The molecule has 0 radical (unpaired) electrons. The quantitative estimate of drug-likeness (QED) is 0.601. The van der Waals surface area contributed by atoms with Crippen molar-refractivity contribution >= 4 is 17.3 Å². The summed E-state index contributed by atoms with van der Waals surface area (Å²) in [6.45, 7) is 3.79. The molecule has 4 nitrogen and oxygen atoms in total. The first-order valence-electron chi connectivity index (χ1n) is 6.26. The number of nitrogen functional groups attached to an aromatic ring is 1. The minimum atomic E-state index is -0.928. The number of nitrogens with one attached hydrogen (secondary N) is 2. The summed E-state index contributed by atoms with van der Waals surface area (Å²) in [4.78, 5) is 12.0. The van der Waals surface area contributed by atoms with Gasteiger partial charge in [0.05, 0.1) is 0 Å². The Morgan fingerprint density at radius 3 is 2.00 bits per heavy atom. The van der Waals surface area contributed by atoms with Crippen LogP contribution >= 0.6 is 0 Å². The standard InChI is InChI=1S/C15H15F2N3O/c1-8-3-9(2)5-11(4-8)19-15(21)10-6-12(16)14(20-18)13(17)7-10/h3-7,20H,18H2,1-2H3,(H,19,21). The first kappa shape index (κ1) is 14.9. The second-order valence-electron chi connectivity index (χ2n) is 4.79. The summed E-state index contributed by atoms with van der Waals surface area (Å²) < 4.78 is 27.2. The zero-order chi connectivity index (χ0) is 15.6. The van der Waals surface area contributed by atoms with Gasteiger partial charge in [-0.05, 0) is 49.2 Å². The van der Waals surface area contributed by atoms with Gasteiger partial charge in [-0.2, -0.15) is 0 Å². The first-order chi connectivity index (χ1) is 9.90. The average molecular weight is 291 g/mol. The van der Waals surface area contributed by atoms with Gasteiger partial charge < -0.3 is 10.7 Å². The monoisotopic (exact) mass is 291 g/mol. The number of hydrazine groups is 1. The lowest BCUT2D eigenvalue weighted by Crippen LogP contribution is -2.15. The molecule has 0 aliphatic carbocycles. The number of aryl methyl sites for hydroxylation is 2. The van der Waals surface area contributed by atoms with E-state index in [1.165, 1.54) is 0 Å². The minimum Gasteiger partial charge on any atom is -0.322 e. The largest absolute Gasteiger partial charge is 0.322 e. The number of carbonyl (C=O) groups excluding carboxylic acids is 1. The number of nitrogens with two attached hydrogens (primary N) is 1. The van der Waals surface area contributed by atoms with Gasteiger partial charge in [-0.1, -0.05) is 6.07 Å². The van der Waals surface area contributed by atoms with Gasteiger partial charge in [0.15, 0.2) is 11.6 Å². The Kier molecular flexibility index (Phi) is 4.18. The predicted octanol–water partition coefficient (Wildman–Crippen LogP) is 3.12. The third-order valence-electron chi connectivity index (χ3n) is 2.93. The number of hydrogen-bond acceptors (Lipinski definition) is 3. The first-order valence-corrected chi connectivity index (χ1v) is 6.26. The van der Waals surface area contributed by atoms with Crippen LogP contribution in [0.2, 0.25) is 0 Å². The molecule has 110 valence electrons. The molecule has 21 heavy (non-hydrogen) atoms. The number of amides is 1. The van der Waals surface area contributed by atoms with Gasteiger partial charge >= 0.3 is 0 Å². The predicted molar refractivity (Wildman–Crippen MR) is 78.0 cm³/mol. The molecule has 0 aliphatic heterocycles. The molecule has 0 aromatic heterocycles. The second kappa shape index (κ2) is 5.88. The van der Waals surface area contributed by atoms with Gasteiger partial charge in [-0.15, -0.1) is 0 Å². The number of hydrogen-bond donors (Lipinski definition) is 3. The Morgan fingerprint density at radius 2 is 1.52 bits per heavy atom. The molecule has 0 fully saturated rings. The van der Waals surface area contributed by atoms with Crippen LogP contribution in [0, 0.1) is 25.5 Å². The Morgan fingerprint density at radius 1 is 1.00 bits per heavy atom. The number of rotatable bonds is 3. The fraction of sp³-hybridized carbons (Fsp3) is 0.133. The third-order valence-corrected chi connectivity index (χ3v) is 2.93. The fourth-order valence-electron chi connectivity index (χ4n) is 2.09. The van der Waals surface area contributed by atoms with Crippen molar-refractivity contribution in [2.24, 2.45) is 5.84 Å². The topological polar surface area (TPSA) is 67.2 Å². The molecule has 6 heteroatoms. The van der Waals surface area contributed by atoms with Crippen LogP contribution in [-0.2, 0) is 0 Å². The molecule has 0 aliphatic rings. The van der Waals surface area contributed by atoms with Crippen LogP contribution < -0.4 is 16.6 Å². The molecule has 2 aromatic rings. The Hall–Kier alpha value is -2.47. The van der Waals surface area contributed by atoms with Crippen LogP contribution in [0.25, 0.3) is 0 Å². The van der Waals surface area contributed by atoms with E-state index in [1.807, 2.05) is 25.3 Å². The second-order valence-corrected chi connectivity index (χ2v) is 4.79. The molecule has 0 atom stereocenters. The van der Waals surface area contributed by atoms with Crippen LogP contribution in [0.3, 0.4) is 0 Å². The van der Waals surface area contributed by atoms with E-state index in [0.717, 1.165) is 23.3 Å². The normalized spacial score (nSPS) is 10.3. The van der Waals surface area contributed by atoms with Crippen LogP contribution in [0.15, 0.2) is 30.3 Å². The summed E-state index contributed by atoms with van der Waals surface area (Å²) in [7, 11) is 0. The Balaban J connectivity index is 2.28. The van der Waals surface area contributed by atoms with E-state index in [-0.39, 0.29) is 5.56 Å². The number of halogens is 2. The molecule has 4 N–H and O–H groups in total. The SMILES string of the molecule is Cc1cc(C)cc(NC(=O)c2cc(F)c(NN)c(F)c2)c1. The molecular formula is C15H15F2N3O. The summed E-state index contributed by atoms with van der Waals surface area (Å²) in [5, 5.41) is 2.61. The van der Waals surface area contributed by atoms with E-state index < -0.39 is 23.2 Å². The molecule has 0 saturated carbocycles. The van der Waals surface area contributed by atoms with E-state index in [0.29, 0.717) is 5.69 Å². The van der Waals surface area contributed by atoms with Gasteiger partial charge in [-0.3, -0.25) is 10.6 Å². The van der Waals surface area contributed by atoms with E-state index >= 15 is 0 Å². The minimum absolute atomic E-state index is 0.122. The zero-order valence-corrected chi connectivity index (χ0v) is 11.6. The number of anilines is 2. The van der Waals surface area contributed by atoms with Crippen molar-refractivity contribution < 1.29 is 13.6 Å². The summed E-state index contributed by atoms with van der Waals surface area (Å²) in [6, 6.07) is 7.35. The third kappa shape index (κ3) is 3.35. The molecule has 2 rings (SSSR count). The van der Waals surface area contributed by atoms with E-state index in [9.17, 15) is 13.6 Å². The molecule has 0 unspecified atom stereocenters. The molecule has 0 heterocycles. The summed E-state index contributed by atoms with van der Waals surface area (Å²) in [5.41, 5.74) is 3.84. The van der Waals surface area contributed by atoms with Crippen molar-refractivity contribution in [1.29, 1.82) is 0 Å². The Bertz CT molecular complexity index is 658. The van der Waals surface area contributed by atoms with Gasteiger partial charge in [-0.25, -0.2) is 8.78 Å². The van der Waals surface area contributed by atoms with Crippen LogP contribution in [-0.4, -0.2) is 5.91 Å². The lowest BCUT2D eigenvalue weighted by Gasteiger charge is -2.09. The highest BCUT2D eigenvalue weighted by atomic mass is 19.1. The molecule has 2 aromatic carbocycles. The van der Waals surface area contributed by atoms with Gasteiger partial charge in [0.2, 0.25) is 0 Å². The molecular weight excluding hydrogens is 276 g/mol. The highest BCUT2D eigenvalue weighted by Gasteiger charge is 2.14. The lowest BCUT2D eigenvalue weighted by atomic mass is 10.1. The highest BCUT2D eigenvalue weighted by molar-refractivity contribution is 6.04. The van der Waals surface area contributed by atoms with Gasteiger partial charge in [0.25, 0.3) is 5.91 Å². The maximum Gasteiger partial charge on any atom is 0.255 e. The van der Waals surface area contributed by atoms with E-state index in [1.54, 1.807) is 12.1 Å². The maximum atomic E-state index is 13.6. The van der Waals surface area contributed by atoms with Crippen molar-refractivity contribution in [2.45, 2.75) is 13.8 Å². The average Bonchev–Trinajstić information content (AvgIpc) is 2.36. The summed E-state index contributed by atoms with van der Waals surface area (Å²) in [5.74, 6) is 2.55. The molecule has 0 bridgehead atoms. The van der Waals surface area contributed by atoms with Crippen molar-refractivity contribution in [3.63, 3.8) is 0 Å². The number of benzene rings is 2. The van der Waals surface area contributed by atoms with Crippen molar-refractivity contribution in [3.8, 4) is 0 Å². The van der Waals surface area contributed by atoms with Gasteiger partial charge in [0, 0.05) is 11.3 Å². The van der Waals surface area contributed by atoms with E-state index in [2.05, 4.69) is 5.32 Å². The summed E-state index contributed by atoms with van der Waals surface area (Å²) >= 11 is 0. The van der Waals surface area contributed by atoms with Crippen LogP contribution in [0.1, 0.15) is 21.5 Å². The smallest absolute Gasteiger partial charge is 0.255 e. The maximum absolute atomic E-state index is 13.6. The van der Waals surface area contributed by atoms with Crippen LogP contribution in [0.4, 0.5) is 20.2 Å². The van der Waals surface area contributed by atoms with E-state index in [4.69, 9.17) is 5.84 Å².